The van der Waals surface area contributed by atoms with Gasteiger partial charge in [0.25, 0.3) is 5.91 Å². The molecule has 1 saturated heterocycles. The number of pyridine rings is 1. The molecule has 6 heteroatoms. The van der Waals surface area contributed by atoms with Gasteiger partial charge in [-0.1, -0.05) is 6.07 Å². The molecule has 6 nitrogen and oxygen atoms in total. The third-order valence-corrected chi connectivity index (χ3v) is 2.75. The van der Waals surface area contributed by atoms with E-state index in [1.54, 1.807) is 11.9 Å². The molecular weight excluding hydrogens is 222 g/mol. The van der Waals surface area contributed by atoms with Crippen LogP contribution in [0.3, 0.4) is 0 Å². The minimum atomic E-state index is -0.490. The van der Waals surface area contributed by atoms with Crippen molar-refractivity contribution in [1.29, 1.82) is 0 Å². The summed E-state index contributed by atoms with van der Waals surface area (Å²) in [6, 6.07) is 3.83. The van der Waals surface area contributed by atoms with Crippen LogP contribution < -0.4 is 10.9 Å². The third-order valence-electron chi connectivity index (χ3n) is 2.75. The summed E-state index contributed by atoms with van der Waals surface area (Å²) >= 11 is 0. The van der Waals surface area contributed by atoms with Crippen molar-refractivity contribution in [2.75, 3.05) is 13.6 Å². The second-order valence-corrected chi connectivity index (χ2v) is 4.00. The van der Waals surface area contributed by atoms with E-state index in [0.717, 1.165) is 0 Å². The first-order valence-corrected chi connectivity index (χ1v) is 5.33. The molecule has 0 saturated carbocycles. The summed E-state index contributed by atoms with van der Waals surface area (Å²) < 4.78 is 0. The normalized spacial score (nSPS) is 19.5. The van der Waals surface area contributed by atoms with E-state index >= 15 is 0 Å². The number of hydrogen-bond acceptors (Lipinski definition) is 3. The lowest BCUT2D eigenvalue weighted by Crippen LogP contribution is -2.41. The van der Waals surface area contributed by atoms with Gasteiger partial charge < -0.3 is 15.2 Å². The average molecular weight is 235 g/mol. The van der Waals surface area contributed by atoms with E-state index in [1.807, 2.05) is 0 Å². The van der Waals surface area contributed by atoms with Crippen LogP contribution in [0.5, 0.6) is 0 Å². The minimum Gasteiger partial charge on any atom is -0.344 e. The molecule has 1 unspecified atom stereocenters. The van der Waals surface area contributed by atoms with Crippen molar-refractivity contribution in [3.8, 4) is 0 Å². The molecule has 0 radical (unpaired) electrons. The smallest absolute Gasteiger partial charge is 0.268 e. The Morgan fingerprint density at radius 1 is 1.47 bits per heavy atom. The number of nitrogens with one attached hydrogen (secondary N) is 2. The number of likely N-dealkylation sites (tertiary alicyclic amines) is 1. The largest absolute Gasteiger partial charge is 0.344 e. The van der Waals surface area contributed by atoms with E-state index in [9.17, 15) is 14.4 Å². The fraction of sp³-hybridized carbons (Fsp3) is 0.364. The Kier molecular flexibility index (Phi) is 2.95. The zero-order valence-corrected chi connectivity index (χ0v) is 9.40. The lowest BCUT2D eigenvalue weighted by Gasteiger charge is -2.11. The zero-order chi connectivity index (χ0) is 12.4. The quantitative estimate of drug-likeness (QED) is 0.713. The Balaban J connectivity index is 2.08. The Morgan fingerprint density at radius 3 is 2.82 bits per heavy atom. The predicted molar refractivity (Wildman–Crippen MR) is 60.6 cm³/mol. The molecule has 2 amide bonds. The highest BCUT2D eigenvalue weighted by Crippen LogP contribution is 2.08. The van der Waals surface area contributed by atoms with E-state index < -0.39 is 11.9 Å². The van der Waals surface area contributed by atoms with Gasteiger partial charge in [0.2, 0.25) is 11.5 Å². The summed E-state index contributed by atoms with van der Waals surface area (Å²) in [4.78, 5) is 38.4. The number of H-pyrrole nitrogens is 1. The monoisotopic (exact) mass is 235 g/mol. The molecule has 0 bridgehead atoms. The molecule has 1 aromatic heterocycles. The van der Waals surface area contributed by atoms with E-state index in [0.29, 0.717) is 13.0 Å². The maximum atomic E-state index is 11.8. The summed E-state index contributed by atoms with van der Waals surface area (Å²) in [6.07, 6.45) is 0.595. The van der Waals surface area contributed by atoms with Gasteiger partial charge >= 0.3 is 0 Å². The Morgan fingerprint density at radius 2 is 2.24 bits per heavy atom. The topological polar surface area (TPSA) is 82.3 Å². The maximum Gasteiger partial charge on any atom is 0.268 e. The van der Waals surface area contributed by atoms with Crippen molar-refractivity contribution in [2.45, 2.75) is 12.5 Å². The standard InChI is InChI=1S/C11H13N3O3/c1-14-6-5-8(11(14)17)13-10(16)7-3-2-4-9(15)12-7/h2-4,8H,5-6H2,1H3,(H,12,15)(H,13,16). The van der Waals surface area contributed by atoms with Gasteiger partial charge in [-0.2, -0.15) is 0 Å². The summed E-state index contributed by atoms with van der Waals surface area (Å²) in [5, 5.41) is 2.60. The van der Waals surface area contributed by atoms with E-state index in [-0.39, 0.29) is 17.2 Å². The summed E-state index contributed by atoms with van der Waals surface area (Å²) in [5.41, 5.74) is -0.174. The zero-order valence-electron chi connectivity index (χ0n) is 9.40. The van der Waals surface area contributed by atoms with Crippen molar-refractivity contribution >= 4 is 11.8 Å². The van der Waals surface area contributed by atoms with Gasteiger partial charge in [-0.3, -0.25) is 14.4 Å². The second kappa shape index (κ2) is 4.40. The van der Waals surface area contributed by atoms with E-state index in [1.165, 1.54) is 18.2 Å². The van der Waals surface area contributed by atoms with Crippen molar-refractivity contribution < 1.29 is 9.59 Å². The number of amides is 2. The maximum absolute atomic E-state index is 11.8. The average Bonchev–Trinajstić information content (AvgIpc) is 2.61. The van der Waals surface area contributed by atoms with Crippen LogP contribution in [0.25, 0.3) is 0 Å². The first kappa shape index (κ1) is 11.4. The Labute approximate surface area is 97.6 Å². The van der Waals surface area contributed by atoms with Crippen LogP contribution in [0, 0.1) is 0 Å². The molecule has 1 atom stereocenters. The lowest BCUT2D eigenvalue weighted by molar-refractivity contribution is -0.128. The number of rotatable bonds is 2. The number of carbonyl (C=O) groups is 2. The number of carbonyl (C=O) groups excluding carboxylic acids is 2. The molecule has 90 valence electrons. The molecule has 0 spiro atoms. The summed E-state index contributed by atoms with van der Waals surface area (Å²) in [5.74, 6) is -0.534. The van der Waals surface area contributed by atoms with Crippen LogP contribution in [-0.4, -0.2) is 41.3 Å². The van der Waals surface area contributed by atoms with Crippen LogP contribution in [0.1, 0.15) is 16.9 Å². The molecule has 0 aromatic carbocycles. The molecule has 1 aromatic rings. The number of nitrogens with zero attached hydrogens (tertiary/aromatic N) is 1. The molecule has 1 aliphatic rings. The first-order valence-electron chi connectivity index (χ1n) is 5.33. The van der Waals surface area contributed by atoms with Gasteiger partial charge in [0.15, 0.2) is 0 Å². The van der Waals surface area contributed by atoms with Crippen molar-refractivity contribution in [3.05, 3.63) is 34.2 Å². The molecule has 1 fully saturated rings. The molecule has 17 heavy (non-hydrogen) atoms. The van der Waals surface area contributed by atoms with Crippen LogP contribution in [0.15, 0.2) is 23.0 Å². The van der Waals surface area contributed by atoms with Crippen LogP contribution >= 0.6 is 0 Å². The van der Waals surface area contributed by atoms with Gasteiger partial charge in [-0.05, 0) is 12.5 Å². The first-order chi connectivity index (χ1) is 8.08. The minimum absolute atomic E-state index is 0.100. The number of aromatic nitrogens is 1. The molecular formula is C11H13N3O3. The molecule has 2 heterocycles. The second-order valence-electron chi connectivity index (χ2n) is 4.00. The summed E-state index contributed by atoms with van der Waals surface area (Å²) in [7, 11) is 1.69. The third kappa shape index (κ3) is 2.35. The lowest BCUT2D eigenvalue weighted by atomic mass is 10.2. The van der Waals surface area contributed by atoms with Crippen LogP contribution in [0.4, 0.5) is 0 Å². The van der Waals surface area contributed by atoms with Gasteiger partial charge in [-0.25, -0.2) is 0 Å². The van der Waals surface area contributed by atoms with Crippen molar-refractivity contribution in [3.63, 3.8) is 0 Å². The molecule has 2 rings (SSSR count). The van der Waals surface area contributed by atoms with Crippen LogP contribution in [0.2, 0.25) is 0 Å². The molecule has 0 aliphatic carbocycles. The highest BCUT2D eigenvalue weighted by atomic mass is 16.2. The summed E-state index contributed by atoms with van der Waals surface area (Å²) in [6.45, 7) is 0.634. The Bertz CT molecular complexity index is 509. The highest BCUT2D eigenvalue weighted by Gasteiger charge is 2.30. The molecule has 2 N–H and O–H groups in total. The fourth-order valence-electron chi connectivity index (χ4n) is 1.77. The van der Waals surface area contributed by atoms with Gasteiger partial charge in [0, 0.05) is 19.7 Å². The highest BCUT2D eigenvalue weighted by molar-refractivity contribution is 5.96. The Hall–Kier alpha value is -2.11. The van der Waals surface area contributed by atoms with E-state index in [4.69, 9.17) is 0 Å². The van der Waals surface area contributed by atoms with Crippen LogP contribution in [-0.2, 0) is 4.79 Å². The SMILES string of the molecule is CN1CCC(NC(=O)c2cccc(=O)[nH]2)C1=O. The van der Waals surface area contributed by atoms with Gasteiger partial charge in [-0.15, -0.1) is 0 Å². The van der Waals surface area contributed by atoms with E-state index in [2.05, 4.69) is 10.3 Å². The number of hydrogen-bond donors (Lipinski definition) is 2. The van der Waals surface area contributed by atoms with Gasteiger partial charge in [0.05, 0.1) is 0 Å². The van der Waals surface area contributed by atoms with Gasteiger partial charge in [0.1, 0.15) is 11.7 Å². The predicted octanol–water partition coefficient (Wildman–Crippen LogP) is -0.665. The number of likely N-dealkylation sites (N-methyl/N-ethyl adjacent to an activating group) is 1. The molecule has 1 aliphatic heterocycles. The number of aromatic amines is 1. The fourth-order valence-corrected chi connectivity index (χ4v) is 1.77. The van der Waals surface area contributed by atoms with Crippen molar-refractivity contribution in [2.24, 2.45) is 0 Å². The van der Waals surface area contributed by atoms with Crippen molar-refractivity contribution in [1.82, 2.24) is 15.2 Å².